The van der Waals surface area contributed by atoms with Gasteiger partial charge in [-0.3, -0.25) is 9.36 Å². The van der Waals surface area contributed by atoms with Gasteiger partial charge >= 0.3 is 0 Å². The van der Waals surface area contributed by atoms with Crippen molar-refractivity contribution in [2.75, 3.05) is 18.0 Å². The highest BCUT2D eigenvalue weighted by Crippen LogP contribution is 2.33. The van der Waals surface area contributed by atoms with Crippen molar-refractivity contribution in [3.63, 3.8) is 0 Å². The van der Waals surface area contributed by atoms with Crippen LogP contribution < -0.4 is 10.5 Å². The minimum atomic E-state index is 0.100. The third kappa shape index (κ3) is 2.70. The van der Waals surface area contributed by atoms with Crippen LogP contribution in [-0.4, -0.2) is 27.6 Å². The Balaban J connectivity index is 1.77. The molecule has 0 radical (unpaired) electrons. The summed E-state index contributed by atoms with van der Waals surface area (Å²) in [4.78, 5) is 27.7. The van der Waals surface area contributed by atoms with Crippen molar-refractivity contribution in [1.82, 2.24) is 14.5 Å². The van der Waals surface area contributed by atoms with Crippen LogP contribution in [0.4, 0.5) is 5.13 Å². The number of thiazole rings is 1. The van der Waals surface area contributed by atoms with Gasteiger partial charge in [0, 0.05) is 35.6 Å². The van der Waals surface area contributed by atoms with Crippen LogP contribution in [0.3, 0.4) is 0 Å². The molecule has 5 nitrogen and oxygen atoms in total. The highest BCUT2D eigenvalue weighted by atomic mass is 32.1. The van der Waals surface area contributed by atoms with Gasteiger partial charge in [0.1, 0.15) is 10.7 Å². The molecule has 0 saturated heterocycles. The predicted molar refractivity (Wildman–Crippen MR) is 112 cm³/mol. The minimum absolute atomic E-state index is 0.100. The SMILES string of the molecule is CCN(CC)c1ncc(C=C2CCn3c2nc2sc(C)c(C)c2c3=O)s1. The van der Waals surface area contributed by atoms with E-state index in [1.807, 2.05) is 17.7 Å². The average Bonchev–Trinajstić information content (AvgIpc) is 3.30. The molecule has 4 heterocycles. The highest BCUT2D eigenvalue weighted by Gasteiger charge is 2.23. The zero-order valence-corrected chi connectivity index (χ0v) is 17.1. The maximum absolute atomic E-state index is 12.9. The van der Waals surface area contributed by atoms with Crippen LogP contribution >= 0.6 is 22.7 Å². The minimum Gasteiger partial charge on any atom is -0.349 e. The summed E-state index contributed by atoms with van der Waals surface area (Å²) in [5.74, 6) is 0.821. The maximum Gasteiger partial charge on any atom is 0.262 e. The topological polar surface area (TPSA) is 51.0 Å². The normalized spacial score (nSPS) is 15.2. The summed E-state index contributed by atoms with van der Waals surface area (Å²) >= 11 is 3.31. The molecule has 1 aliphatic rings. The molecule has 0 N–H and O–H groups in total. The molecule has 7 heteroatoms. The van der Waals surface area contributed by atoms with E-state index in [0.717, 1.165) is 56.7 Å². The van der Waals surface area contributed by atoms with Crippen molar-refractivity contribution in [3.05, 3.63) is 37.7 Å². The van der Waals surface area contributed by atoms with Gasteiger partial charge < -0.3 is 4.90 Å². The van der Waals surface area contributed by atoms with Gasteiger partial charge in [-0.2, -0.15) is 0 Å². The summed E-state index contributed by atoms with van der Waals surface area (Å²) < 4.78 is 1.83. The maximum atomic E-state index is 12.9. The van der Waals surface area contributed by atoms with Crippen LogP contribution in [-0.2, 0) is 6.54 Å². The number of hydrogen-bond acceptors (Lipinski definition) is 6. The quantitative estimate of drug-likeness (QED) is 0.670. The van der Waals surface area contributed by atoms with Gasteiger partial charge in [-0.1, -0.05) is 11.3 Å². The Bertz CT molecular complexity index is 1070. The number of aromatic nitrogens is 3. The van der Waals surface area contributed by atoms with Crippen LogP contribution in [0.2, 0.25) is 0 Å². The molecule has 0 spiro atoms. The Labute approximate surface area is 160 Å². The lowest BCUT2D eigenvalue weighted by atomic mass is 10.2. The third-order valence-electron chi connectivity index (χ3n) is 5.04. The Kier molecular flexibility index (Phi) is 4.44. The van der Waals surface area contributed by atoms with E-state index >= 15 is 0 Å². The number of fused-ring (bicyclic) bond motifs is 2. The summed E-state index contributed by atoms with van der Waals surface area (Å²) in [6.45, 7) is 11.0. The van der Waals surface area contributed by atoms with Crippen molar-refractivity contribution in [2.24, 2.45) is 0 Å². The molecule has 3 aromatic rings. The van der Waals surface area contributed by atoms with Gasteiger partial charge in [-0.05, 0) is 51.3 Å². The molecule has 0 bridgehead atoms. The zero-order valence-electron chi connectivity index (χ0n) is 15.5. The highest BCUT2D eigenvalue weighted by molar-refractivity contribution is 7.18. The van der Waals surface area contributed by atoms with Crippen molar-refractivity contribution < 1.29 is 0 Å². The number of anilines is 1. The fourth-order valence-electron chi connectivity index (χ4n) is 3.42. The predicted octanol–water partition coefficient (Wildman–Crippen LogP) is 4.32. The van der Waals surface area contributed by atoms with E-state index in [9.17, 15) is 4.79 Å². The van der Waals surface area contributed by atoms with E-state index < -0.39 is 0 Å². The summed E-state index contributed by atoms with van der Waals surface area (Å²) in [5.41, 5.74) is 2.30. The standard InChI is InChI=1S/C19H22N4OS2/c1-5-22(6-2)19-20-10-14(26-19)9-13-7-8-23-16(13)21-17-15(18(23)24)11(3)12(4)25-17/h9-10H,5-8H2,1-4H3. The molecule has 0 saturated carbocycles. The summed E-state index contributed by atoms with van der Waals surface area (Å²) in [6, 6.07) is 0. The molecular formula is C19H22N4OS2. The molecule has 0 atom stereocenters. The first-order valence-corrected chi connectivity index (χ1v) is 10.6. The lowest BCUT2D eigenvalue weighted by molar-refractivity contribution is 0.726. The number of rotatable bonds is 4. The number of hydrogen-bond donors (Lipinski definition) is 0. The lowest BCUT2D eigenvalue weighted by Crippen LogP contribution is -2.21. The number of thiophene rings is 1. The van der Waals surface area contributed by atoms with Crippen molar-refractivity contribution in [3.8, 4) is 0 Å². The van der Waals surface area contributed by atoms with Crippen LogP contribution in [0.5, 0.6) is 0 Å². The van der Waals surface area contributed by atoms with Gasteiger partial charge in [-0.25, -0.2) is 9.97 Å². The largest absolute Gasteiger partial charge is 0.349 e. The van der Waals surface area contributed by atoms with Gasteiger partial charge in [0.2, 0.25) is 0 Å². The van der Waals surface area contributed by atoms with Crippen LogP contribution in [0.1, 0.15) is 41.4 Å². The van der Waals surface area contributed by atoms with E-state index in [1.165, 1.54) is 4.88 Å². The fraction of sp³-hybridized carbons (Fsp3) is 0.421. The Hall–Kier alpha value is -1.99. The molecule has 0 aliphatic carbocycles. The average molecular weight is 387 g/mol. The molecular weight excluding hydrogens is 364 g/mol. The molecule has 1 aliphatic heterocycles. The van der Waals surface area contributed by atoms with E-state index in [-0.39, 0.29) is 5.56 Å². The second-order valence-corrected chi connectivity index (χ2v) is 8.74. The van der Waals surface area contributed by atoms with Gasteiger partial charge in [-0.15, -0.1) is 11.3 Å². The molecule has 3 aromatic heterocycles. The Morgan fingerprint density at radius 1 is 1.27 bits per heavy atom. The molecule has 0 unspecified atom stereocenters. The van der Waals surface area contributed by atoms with E-state index in [4.69, 9.17) is 4.98 Å². The molecule has 0 aromatic carbocycles. The monoisotopic (exact) mass is 386 g/mol. The van der Waals surface area contributed by atoms with Gasteiger partial charge in [0.15, 0.2) is 5.13 Å². The Morgan fingerprint density at radius 2 is 2.04 bits per heavy atom. The zero-order chi connectivity index (χ0) is 18.4. The summed E-state index contributed by atoms with van der Waals surface area (Å²) in [6.07, 6.45) is 4.91. The molecule has 0 fully saturated rings. The molecule has 0 amide bonds. The first-order chi connectivity index (χ1) is 12.5. The molecule has 136 valence electrons. The van der Waals surface area contributed by atoms with Crippen LogP contribution in [0.15, 0.2) is 11.0 Å². The van der Waals surface area contributed by atoms with E-state index in [1.54, 1.807) is 22.7 Å². The number of aryl methyl sites for hydroxylation is 2. The second-order valence-electron chi connectivity index (χ2n) is 6.49. The smallest absolute Gasteiger partial charge is 0.262 e. The molecule has 26 heavy (non-hydrogen) atoms. The van der Waals surface area contributed by atoms with E-state index in [2.05, 4.69) is 36.7 Å². The van der Waals surface area contributed by atoms with Crippen molar-refractivity contribution >= 4 is 49.7 Å². The first kappa shape index (κ1) is 17.4. The van der Waals surface area contributed by atoms with Crippen molar-refractivity contribution in [1.29, 1.82) is 0 Å². The third-order valence-corrected chi connectivity index (χ3v) is 7.15. The number of allylic oxidation sites excluding steroid dienone is 1. The molecule has 4 rings (SSSR count). The first-order valence-electron chi connectivity index (χ1n) is 8.95. The van der Waals surface area contributed by atoms with Crippen LogP contribution in [0.25, 0.3) is 21.9 Å². The van der Waals surface area contributed by atoms with E-state index in [0.29, 0.717) is 6.54 Å². The van der Waals surface area contributed by atoms with Crippen LogP contribution in [0, 0.1) is 13.8 Å². The fourth-order valence-corrected chi connectivity index (χ4v) is 5.45. The van der Waals surface area contributed by atoms with Gasteiger partial charge in [0.05, 0.1) is 5.39 Å². The summed E-state index contributed by atoms with van der Waals surface area (Å²) in [7, 11) is 0. The second kappa shape index (κ2) is 6.63. The lowest BCUT2D eigenvalue weighted by Gasteiger charge is -2.16. The summed E-state index contributed by atoms with van der Waals surface area (Å²) in [5, 5.41) is 1.84. The number of nitrogens with zero attached hydrogens (tertiary/aromatic N) is 4. The van der Waals surface area contributed by atoms with Gasteiger partial charge in [0.25, 0.3) is 5.56 Å². The Morgan fingerprint density at radius 3 is 2.77 bits per heavy atom. The van der Waals surface area contributed by atoms with Crippen molar-refractivity contribution in [2.45, 2.75) is 40.7 Å².